The quantitative estimate of drug-likeness (QED) is 0.561. The first-order chi connectivity index (χ1) is 12.3. The summed E-state index contributed by atoms with van der Waals surface area (Å²) in [7, 11) is -5.74. The highest BCUT2D eigenvalue weighted by Gasteiger charge is 2.48. The smallest absolute Gasteiger partial charge is 0.444 e. The van der Waals surface area contributed by atoms with Crippen LogP contribution in [0.1, 0.15) is 45.1 Å². The predicted molar refractivity (Wildman–Crippen MR) is 89.6 cm³/mol. The van der Waals surface area contributed by atoms with Crippen LogP contribution in [0.2, 0.25) is 0 Å². The SMILES string of the molecule is CC(C)(C)OC(=O)N1CCC(c2ccc(OS(=O)(=O)C(F)(F)F)nc2)CC1. The van der Waals surface area contributed by atoms with Crippen LogP contribution in [0.25, 0.3) is 0 Å². The maximum absolute atomic E-state index is 12.3. The van der Waals surface area contributed by atoms with Crippen LogP contribution in [-0.4, -0.2) is 48.6 Å². The minimum absolute atomic E-state index is 0.0458. The summed E-state index contributed by atoms with van der Waals surface area (Å²) in [6.07, 6.45) is 2.15. The number of alkyl halides is 3. The van der Waals surface area contributed by atoms with Crippen molar-refractivity contribution < 1.29 is 35.3 Å². The fourth-order valence-electron chi connectivity index (χ4n) is 2.56. The van der Waals surface area contributed by atoms with E-state index in [1.807, 2.05) is 0 Å². The van der Waals surface area contributed by atoms with Gasteiger partial charge in [-0.2, -0.15) is 21.6 Å². The van der Waals surface area contributed by atoms with E-state index in [-0.39, 0.29) is 12.0 Å². The summed E-state index contributed by atoms with van der Waals surface area (Å²) >= 11 is 0. The van der Waals surface area contributed by atoms with Gasteiger partial charge >= 0.3 is 21.7 Å². The number of ether oxygens (including phenoxy) is 1. The average molecular weight is 410 g/mol. The molecule has 1 aliphatic rings. The molecule has 2 rings (SSSR count). The minimum Gasteiger partial charge on any atom is -0.444 e. The van der Waals surface area contributed by atoms with Crippen molar-refractivity contribution in [3.8, 4) is 5.88 Å². The van der Waals surface area contributed by atoms with E-state index in [4.69, 9.17) is 4.74 Å². The van der Waals surface area contributed by atoms with Gasteiger partial charge in [0, 0.05) is 25.4 Å². The lowest BCUT2D eigenvalue weighted by atomic mass is 9.91. The zero-order valence-electron chi connectivity index (χ0n) is 15.1. The molecule has 0 spiro atoms. The Hall–Kier alpha value is -2.04. The maximum Gasteiger partial charge on any atom is 0.534 e. The molecular formula is C16H21F3N2O5S. The van der Waals surface area contributed by atoms with E-state index in [1.165, 1.54) is 12.3 Å². The van der Waals surface area contributed by atoms with Gasteiger partial charge in [-0.05, 0) is 45.1 Å². The number of piperidine rings is 1. The lowest BCUT2D eigenvalue weighted by Gasteiger charge is -2.33. The van der Waals surface area contributed by atoms with Gasteiger partial charge in [0.2, 0.25) is 5.88 Å². The van der Waals surface area contributed by atoms with Crippen molar-refractivity contribution in [2.24, 2.45) is 0 Å². The van der Waals surface area contributed by atoms with Crippen LogP contribution in [0, 0.1) is 0 Å². The van der Waals surface area contributed by atoms with Gasteiger partial charge in [0.15, 0.2) is 0 Å². The second-order valence-electron chi connectivity index (χ2n) is 7.15. The minimum atomic E-state index is -5.74. The molecule has 1 saturated heterocycles. The maximum atomic E-state index is 12.3. The van der Waals surface area contributed by atoms with Gasteiger partial charge in [-0.25, -0.2) is 9.78 Å². The Morgan fingerprint density at radius 1 is 1.19 bits per heavy atom. The molecule has 7 nitrogen and oxygen atoms in total. The topological polar surface area (TPSA) is 85.8 Å². The van der Waals surface area contributed by atoms with E-state index >= 15 is 0 Å². The predicted octanol–water partition coefficient (Wildman–Crippen LogP) is 3.42. The highest BCUT2D eigenvalue weighted by Crippen LogP contribution is 2.30. The molecule has 11 heteroatoms. The Balaban J connectivity index is 1.95. The number of pyridine rings is 1. The lowest BCUT2D eigenvalue weighted by molar-refractivity contribution is -0.0501. The molecule has 27 heavy (non-hydrogen) atoms. The molecule has 0 radical (unpaired) electrons. The summed E-state index contributed by atoms with van der Waals surface area (Å²) in [6.45, 7) is 6.30. The molecule has 0 N–H and O–H groups in total. The van der Waals surface area contributed by atoms with Crippen molar-refractivity contribution in [2.75, 3.05) is 13.1 Å². The summed E-state index contributed by atoms with van der Waals surface area (Å²) < 4.78 is 68.2. The molecular weight excluding hydrogens is 389 g/mol. The second kappa shape index (κ2) is 7.53. The number of carbonyl (C=O) groups is 1. The van der Waals surface area contributed by atoms with E-state index in [0.29, 0.717) is 25.9 Å². The zero-order chi connectivity index (χ0) is 20.5. The highest BCUT2D eigenvalue weighted by molar-refractivity contribution is 7.87. The number of rotatable bonds is 3. The highest BCUT2D eigenvalue weighted by atomic mass is 32.2. The van der Waals surface area contributed by atoms with Crippen LogP contribution in [0.3, 0.4) is 0 Å². The van der Waals surface area contributed by atoms with E-state index in [1.54, 1.807) is 25.7 Å². The molecule has 2 heterocycles. The molecule has 1 aromatic rings. The van der Waals surface area contributed by atoms with Crippen LogP contribution in [0.4, 0.5) is 18.0 Å². The third-order valence-electron chi connectivity index (χ3n) is 3.86. The van der Waals surface area contributed by atoms with Crippen LogP contribution in [0.5, 0.6) is 5.88 Å². The number of aromatic nitrogens is 1. The number of likely N-dealkylation sites (tertiary alicyclic amines) is 1. The number of carbonyl (C=O) groups excluding carboxylic acids is 1. The molecule has 0 bridgehead atoms. The molecule has 0 aromatic carbocycles. The molecule has 1 aromatic heterocycles. The van der Waals surface area contributed by atoms with Gasteiger partial charge in [0.1, 0.15) is 5.60 Å². The first kappa shape index (κ1) is 21.3. The van der Waals surface area contributed by atoms with E-state index in [2.05, 4.69) is 9.17 Å². The van der Waals surface area contributed by atoms with Crippen molar-refractivity contribution in [3.63, 3.8) is 0 Å². The van der Waals surface area contributed by atoms with Gasteiger partial charge in [-0.1, -0.05) is 6.07 Å². The monoisotopic (exact) mass is 410 g/mol. The standard InChI is InChI=1S/C16H21F3N2O5S/c1-15(2,3)25-14(22)21-8-6-11(7-9-21)12-4-5-13(20-10-12)26-27(23,24)16(17,18)19/h4-5,10-11H,6-9H2,1-3H3. The van der Waals surface area contributed by atoms with Crippen molar-refractivity contribution >= 4 is 16.2 Å². The molecule has 1 amide bonds. The molecule has 1 fully saturated rings. The molecule has 0 saturated carbocycles. The Bertz CT molecular complexity index is 765. The second-order valence-corrected chi connectivity index (χ2v) is 8.69. The van der Waals surface area contributed by atoms with Gasteiger partial charge in [0.05, 0.1) is 0 Å². The molecule has 152 valence electrons. The average Bonchev–Trinajstić information content (AvgIpc) is 2.53. The summed E-state index contributed by atoms with van der Waals surface area (Å²) in [5.74, 6) is -0.605. The van der Waals surface area contributed by atoms with E-state index in [9.17, 15) is 26.4 Å². The van der Waals surface area contributed by atoms with Crippen molar-refractivity contribution in [1.29, 1.82) is 0 Å². The van der Waals surface area contributed by atoms with Crippen molar-refractivity contribution in [2.45, 2.75) is 50.6 Å². The summed E-state index contributed by atoms with van der Waals surface area (Å²) in [5, 5.41) is 0. The fraction of sp³-hybridized carbons (Fsp3) is 0.625. The third-order valence-corrected chi connectivity index (χ3v) is 4.81. The lowest BCUT2D eigenvalue weighted by Crippen LogP contribution is -2.41. The Kier molecular flexibility index (Phi) is 5.93. The summed E-state index contributed by atoms with van der Waals surface area (Å²) in [6, 6.07) is 2.56. The Morgan fingerprint density at radius 2 is 1.78 bits per heavy atom. The normalized spacial score (nSPS) is 16.9. The number of amides is 1. The van der Waals surface area contributed by atoms with E-state index < -0.39 is 27.1 Å². The van der Waals surface area contributed by atoms with Gasteiger partial charge in [-0.3, -0.25) is 0 Å². The van der Waals surface area contributed by atoms with Crippen LogP contribution in [0.15, 0.2) is 18.3 Å². The molecule has 1 aliphatic heterocycles. The van der Waals surface area contributed by atoms with Crippen LogP contribution < -0.4 is 4.18 Å². The van der Waals surface area contributed by atoms with Gasteiger partial charge in [-0.15, -0.1) is 0 Å². The molecule has 0 atom stereocenters. The Morgan fingerprint density at radius 3 is 2.22 bits per heavy atom. The number of halogens is 3. The zero-order valence-corrected chi connectivity index (χ0v) is 15.9. The molecule has 0 unspecified atom stereocenters. The van der Waals surface area contributed by atoms with Crippen molar-refractivity contribution in [3.05, 3.63) is 23.9 Å². The molecule has 0 aliphatic carbocycles. The van der Waals surface area contributed by atoms with Crippen LogP contribution >= 0.6 is 0 Å². The summed E-state index contributed by atoms with van der Waals surface area (Å²) in [5.41, 5.74) is -5.36. The number of hydrogen-bond donors (Lipinski definition) is 0. The van der Waals surface area contributed by atoms with Crippen molar-refractivity contribution in [1.82, 2.24) is 9.88 Å². The van der Waals surface area contributed by atoms with Gasteiger partial charge < -0.3 is 13.8 Å². The third kappa shape index (κ3) is 5.72. The first-order valence-electron chi connectivity index (χ1n) is 8.23. The summed E-state index contributed by atoms with van der Waals surface area (Å²) in [4.78, 5) is 17.3. The van der Waals surface area contributed by atoms with Gasteiger partial charge in [0.25, 0.3) is 0 Å². The fourth-order valence-corrected chi connectivity index (χ4v) is 2.98. The van der Waals surface area contributed by atoms with E-state index in [0.717, 1.165) is 11.6 Å². The first-order valence-corrected chi connectivity index (χ1v) is 9.64. The number of nitrogens with zero attached hydrogens (tertiary/aromatic N) is 2. The Labute approximate surface area is 155 Å². The number of hydrogen-bond acceptors (Lipinski definition) is 6. The largest absolute Gasteiger partial charge is 0.534 e. The van der Waals surface area contributed by atoms with Crippen LogP contribution in [-0.2, 0) is 14.9 Å².